The number of carbonyl (C=O) groups is 2. The Hall–Kier alpha value is -4.09. The van der Waals surface area contributed by atoms with Crippen molar-refractivity contribution in [3.63, 3.8) is 0 Å². The molecule has 0 radical (unpaired) electrons. The van der Waals surface area contributed by atoms with Crippen molar-refractivity contribution in [2.45, 2.75) is 19.1 Å². The number of anilines is 1. The lowest BCUT2D eigenvalue weighted by atomic mass is 10.1. The SMILES string of the molecule is N#Cc1cccc(NC(=O)N2CCN(Cc3ccco3)CC2C(=O)NCc2ccccc2)c1. The van der Waals surface area contributed by atoms with Crippen LogP contribution in [0.5, 0.6) is 0 Å². The fraction of sp³-hybridized carbons (Fsp3) is 0.240. The molecule has 1 fully saturated rings. The first kappa shape index (κ1) is 22.1. The summed E-state index contributed by atoms with van der Waals surface area (Å²) >= 11 is 0. The molecule has 1 aliphatic heterocycles. The second-order valence-electron chi connectivity index (χ2n) is 7.85. The van der Waals surface area contributed by atoms with Crippen molar-refractivity contribution in [3.8, 4) is 6.07 Å². The van der Waals surface area contributed by atoms with Crippen molar-refractivity contribution in [1.29, 1.82) is 5.26 Å². The second-order valence-corrected chi connectivity index (χ2v) is 7.85. The van der Waals surface area contributed by atoms with E-state index in [2.05, 4.69) is 21.6 Å². The number of hydrogen-bond donors (Lipinski definition) is 2. The highest BCUT2D eigenvalue weighted by atomic mass is 16.3. The van der Waals surface area contributed by atoms with Crippen molar-refractivity contribution >= 4 is 17.6 Å². The van der Waals surface area contributed by atoms with Gasteiger partial charge in [0.25, 0.3) is 0 Å². The highest BCUT2D eigenvalue weighted by Gasteiger charge is 2.35. The van der Waals surface area contributed by atoms with Crippen LogP contribution in [0.25, 0.3) is 0 Å². The highest BCUT2D eigenvalue weighted by Crippen LogP contribution is 2.17. The maximum atomic E-state index is 13.2. The second kappa shape index (κ2) is 10.5. The first-order valence-electron chi connectivity index (χ1n) is 10.8. The zero-order valence-corrected chi connectivity index (χ0v) is 18.1. The number of carbonyl (C=O) groups excluding carboxylic acids is 2. The minimum absolute atomic E-state index is 0.219. The van der Waals surface area contributed by atoms with Crippen LogP contribution in [0, 0.1) is 11.3 Å². The number of nitrogens with zero attached hydrogens (tertiary/aromatic N) is 3. The molecule has 3 aromatic rings. The number of rotatable bonds is 6. The fourth-order valence-electron chi connectivity index (χ4n) is 3.84. The number of benzene rings is 2. The van der Waals surface area contributed by atoms with E-state index in [1.807, 2.05) is 42.5 Å². The molecule has 2 aromatic carbocycles. The third-order valence-electron chi connectivity index (χ3n) is 5.54. The molecule has 1 atom stereocenters. The van der Waals surface area contributed by atoms with Gasteiger partial charge in [-0.1, -0.05) is 36.4 Å². The lowest BCUT2D eigenvalue weighted by Gasteiger charge is -2.40. The Morgan fingerprint density at radius 3 is 2.67 bits per heavy atom. The summed E-state index contributed by atoms with van der Waals surface area (Å²) in [5.41, 5.74) is 1.95. The van der Waals surface area contributed by atoms with Crippen LogP contribution in [-0.2, 0) is 17.9 Å². The van der Waals surface area contributed by atoms with Gasteiger partial charge in [0.05, 0.1) is 24.4 Å². The maximum absolute atomic E-state index is 13.2. The van der Waals surface area contributed by atoms with Gasteiger partial charge >= 0.3 is 6.03 Å². The van der Waals surface area contributed by atoms with Crippen LogP contribution < -0.4 is 10.6 Å². The van der Waals surface area contributed by atoms with E-state index in [1.54, 1.807) is 35.4 Å². The predicted octanol–water partition coefficient (Wildman–Crippen LogP) is 3.19. The summed E-state index contributed by atoms with van der Waals surface area (Å²) in [5.74, 6) is 0.591. The van der Waals surface area contributed by atoms with Gasteiger partial charge in [-0.2, -0.15) is 5.26 Å². The molecule has 8 heteroatoms. The van der Waals surface area contributed by atoms with Crippen LogP contribution in [-0.4, -0.2) is 47.4 Å². The average molecular weight is 444 g/mol. The minimum Gasteiger partial charge on any atom is -0.468 e. The summed E-state index contributed by atoms with van der Waals surface area (Å²) < 4.78 is 5.45. The van der Waals surface area contributed by atoms with Crippen molar-refractivity contribution in [2.24, 2.45) is 0 Å². The third kappa shape index (κ3) is 5.79. The zero-order valence-electron chi connectivity index (χ0n) is 18.1. The Morgan fingerprint density at radius 1 is 1.06 bits per heavy atom. The maximum Gasteiger partial charge on any atom is 0.322 e. The topological polar surface area (TPSA) is 102 Å². The highest BCUT2D eigenvalue weighted by molar-refractivity contribution is 5.94. The van der Waals surface area contributed by atoms with E-state index in [-0.39, 0.29) is 11.9 Å². The monoisotopic (exact) mass is 443 g/mol. The minimum atomic E-state index is -0.670. The Balaban J connectivity index is 1.47. The number of furan rings is 1. The number of hydrogen-bond acceptors (Lipinski definition) is 5. The summed E-state index contributed by atoms with van der Waals surface area (Å²) in [4.78, 5) is 29.9. The standard InChI is InChI=1S/C25H25N5O3/c26-15-20-8-4-9-21(14-20)28-25(32)30-12-11-29(17-22-10-5-13-33-22)18-23(30)24(31)27-16-19-6-2-1-3-7-19/h1-10,13-14,23H,11-12,16-18H2,(H,27,31)(H,28,32). The molecule has 168 valence electrons. The Bertz CT molecular complexity index is 1120. The molecular weight excluding hydrogens is 418 g/mol. The normalized spacial score (nSPS) is 16.1. The first-order valence-corrected chi connectivity index (χ1v) is 10.8. The molecule has 0 saturated carbocycles. The predicted molar refractivity (Wildman–Crippen MR) is 123 cm³/mol. The van der Waals surface area contributed by atoms with E-state index in [1.165, 1.54) is 0 Å². The van der Waals surface area contributed by atoms with Crippen LogP contribution >= 0.6 is 0 Å². The zero-order chi connectivity index (χ0) is 23.0. The average Bonchev–Trinajstić information content (AvgIpc) is 3.36. The van der Waals surface area contributed by atoms with Crippen molar-refractivity contribution in [2.75, 3.05) is 25.0 Å². The smallest absolute Gasteiger partial charge is 0.322 e. The van der Waals surface area contributed by atoms with Crippen LogP contribution in [0.3, 0.4) is 0 Å². The molecule has 1 aliphatic rings. The van der Waals surface area contributed by atoms with E-state index < -0.39 is 6.04 Å². The lowest BCUT2D eigenvalue weighted by Crippen LogP contribution is -2.61. The Labute approximate surface area is 192 Å². The summed E-state index contributed by atoms with van der Waals surface area (Å²) in [6.45, 7) is 2.32. The van der Waals surface area contributed by atoms with E-state index in [4.69, 9.17) is 9.68 Å². The number of nitriles is 1. The largest absolute Gasteiger partial charge is 0.468 e. The number of urea groups is 1. The third-order valence-corrected chi connectivity index (χ3v) is 5.54. The molecule has 4 rings (SSSR count). The Kier molecular flexibility index (Phi) is 7.03. The van der Waals surface area contributed by atoms with Crippen LogP contribution in [0.4, 0.5) is 10.5 Å². The summed E-state index contributed by atoms with van der Waals surface area (Å²) in [5, 5.41) is 14.9. The van der Waals surface area contributed by atoms with Crippen molar-refractivity contribution in [1.82, 2.24) is 15.1 Å². The molecule has 33 heavy (non-hydrogen) atoms. The van der Waals surface area contributed by atoms with E-state index in [0.717, 1.165) is 11.3 Å². The van der Waals surface area contributed by atoms with Gasteiger partial charge < -0.3 is 20.0 Å². The van der Waals surface area contributed by atoms with Gasteiger partial charge in [-0.05, 0) is 35.9 Å². The molecule has 0 aliphatic carbocycles. The number of nitrogens with one attached hydrogen (secondary N) is 2. The Morgan fingerprint density at radius 2 is 1.91 bits per heavy atom. The first-order chi connectivity index (χ1) is 16.1. The number of amides is 3. The van der Waals surface area contributed by atoms with Crippen LogP contribution in [0.1, 0.15) is 16.9 Å². The van der Waals surface area contributed by atoms with Crippen LogP contribution in [0.2, 0.25) is 0 Å². The molecular formula is C25H25N5O3. The molecule has 8 nitrogen and oxygen atoms in total. The molecule has 0 bridgehead atoms. The quantitative estimate of drug-likeness (QED) is 0.609. The van der Waals surface area contributed by atoms with Gasteiger partial charge in [0.15, 0.2) is 0 Å². The number of piperazine rings is 1. The van der Waals surface area contributed by atoms with Gasteiger partial charge in [-0.15, -0.1) is 0 Å². The fourth-order valence-corrected chi connectivity index (χ4v) is 3.84. The summed E-state index contributed by atoms with van der Waals surface area (Å²) in [6, 6.07) is 21.1. The van der Waals surface area contributed by atoms with Gasteiger partial charge in [-0.25, -0.2) is 4.79 Å². The van der Waals surface area contributed by atoms with Crippen molar-refractivity contribution in [3.05, 3.63) is 89.9 Å². The molecule has 1 unspecified atom stereocenters. The van der Waals surface area contributed by atoms with Gasteiger partial charge in [0.1, 0.15) is 11.8 Å². The van der Waals surface area contributed by atoms with E-state index in [9.17, 15) is 9.59 Å². The molecule has 0 spiro atoms. The van der Waals surface area contributed by atoms with Gasteiger partial charge in [0.2, 0.25) is 5.91 Å². The van der Waals surface area contributed by atoms with Gasteiger partial charge in [-0.3, -0.25) is 9.69 Å². The van der Waals surface area contributed by atoms with Crippen molar-refractivity contribution < 1.29 is 14.0 Å². The molecule has 3 amide bonds. The van der Waals surface area contributed by atoms with E-state index in [0.29, 0.717) is 44.0 Å². The van der Waals surface area contributed by atoms with E-state index >= 15 is 0 Å². The molecule has 1 saturated heterocycles. The lowest BCUT2D eigenvalue weighted by molar-refractivity contribution is -0.127. The molecule has 2 heterocycles. The molecule has 2 N–H and O–H groups in total. The molecule has 1 aromatic heterocycles. The van der Waals surface area contributed by atoms with Gasteiger partial charge in [0, 0.05) is 31.9 Å². The van der Waals surface area contributed by atoms with Crippen LogP contribution in [0.15, 0.2) is 77.4 Å². The summed E-state index contributed by atoms with van der Waals surface area (Å²) in [6.07, 6.45) is 1.62. The summed E-state index contributed by atoms with van der Waals surface area (Å²) in [7, 11) is 0.